The van der Waals surface area contributed by atoms with E-state index in [1.165, 1.54) is 32.5 Å². The Morgan fingerprint density at radius 2 is 2.06 bits per heavy atom. The van der Waals surface area contributed by atoms with Crippen molar-refractivity contribution in [1.29, 1.82) is 0 Å². The Morgan fingerprint density at radius 3 is 2.62 bits per heavy atom. The molecule has 84 valence electrons. The lowest BCUT2D eigenvalue weighted by atomic mass is 10.4. The molecular weight excluding hydrogens is 228 g/mol. The standard InChI is InChI=1S/C10H10N2O3S/c1-5(13)10-12-8-7(16-10)4-6(14-2)9(11-8)15-3/h4H,1-3H3. The molecule has 0 bridgehead atoms. The van der Waals surface area contributed by atoms with Crippen LogP contribution >= 0.6 is 11.3 Å². The number of aromatic nitrogens is 2. The third kappa shape index (κ3) is 1.71. The van der Waals surface area contributed by atoms with Crippen molar-refractivity contribution in [2.75, 3.05) is 14.2 Å². The third-order valence-electron chi connectivity index (χ3n) is 2.03. The highest BCUT2D eigenvalue weighted by atomic mass is 32.1. The average Bonchev–Trinajstić information content (AvgIpc) is 2.69. The molecule has 16 heavy (non-hydrogen) atoms. The second-order valence-corrected chi connectivity index (χ2v) is 4.13. The van der Waals surface area contributed by atoms with E-state index in [0.29, 0.717) is 22.3 Å². The SMILES string of the molecule is COc1cc2sc(C(C)=O)nc2nc1OC. The fraction of sp³-hybridized carbons (Fsp3) is 0.300. The normalized spacial score (nSPS) is 10.4. The summed E-state index contributed by atoms with van der Waals surface area (Å²) in [6.45, 7) is 1.48. The van der Waals surface area contributed by atoms with Gasteiger partial charge in [0.25, 0.3) is 5.88 Å². The number of ketones is 1. The number of carbonyl (C=O) groups excluding carboxylic acids is 1. The summed E-state index contributed by atoms with van der Waals surface area (Å²) < 4.78 is 11.0. The first-order chi connectivity index (χ1) is 7.65. The molecule has 0 radical (unpaired) electrons. The molecule has 0 saturated heterocycles. The predicted octanol–water partition coefficient (Wildman–Crippen LogP) is 1.91. The Kier molecular flexibility index (Phi) is 2.74. The number of carbonyl (C=O) groups is 1. The molecular formula is C10H10N2O3S. The van der Waals surface area contributed by atoms with Gasteiger partial charge < -0.3 is 9.47 Å². The predicted molar refractivity (Wildman–Crippen MR) is 60.5 cm³/mol. The zero-order chi connectivity index (χ0) is 11.7. The van der Waals surface area contributed by atoms with Crippen LogP contribution in [0.5, 0.6) is 11.6 Å². The van der Waals surface area contributed by atoms with E-state index in [4.69, 9.17) is 9.47 Å². The Labute approximate surface area is 96.0 Å². The fourth-order valence-corrected chi connectivity index (χ4v) is 2.11. The maximum absolute atomic E-state index is 11.2. The maximum Gasteiger partial charge on any atom is 0.258 e. The Bertz CT molecular complexity index is 509. The number of methoxy groups -OCH3 is 2. The van der Waals surface area contributed by atoms with Gasteiger partial charge >= 0.3 is 0 Å². The molecule has 0 amide bonds. The summed E-state index contributed by atoms with van der Waals surface area (Å²) in [5.41, 5.74) is 0.507. The molecule has 0 spiro atoms. The molecule has 0 saturated carbocycles. The number of fused-ring (bicyclic) bond motifs is 1. The summed E-state index contributed by atoms with van der Waals surface area (Å²) >= 11 is 1.30. The maximum atomic E-state index is 11.2. The summed E-state index contributed by atoms with van der Waals surface area (Å²) in [7, 11) is 3.05. The first-order valence-corrected chi connectivity index (χ1v) is 5.38. The molecule has 0 fully saturated rings. The molecule has 2 aromatic heterocycles. The number of pyridine rings is 1. The van der Waals surface area contributed by atoms with Crippen LogP contribution < -0.4 is 9.47 Å². The van der Waals surface area contributed by atoms with Gasteiger partial charge in [0.05, 0.1) is 18.9 Å². The van der Waals surface area contributed by atoms with Crippen LogP contribution in [0.25, 0.3) is 10.3 Å². The minimum absolute atomic E-state index is 0.0686. The van der Waals surface area contributed by atoms with E-state index in [2.05, 4.69) is 9.97 Å². The van der Waals surface area contributed by atoms with Crippen LogP contribution in [-0.4, -0.2) is 30.0 Å². The molecule has 0 N–H and O–H groups in total. The molecule has 2 rings (SSSR count). The highest BCUT2D eigenvalue weighted by Gasteiger charge is 2.13. The molecule has 0 unspecified atom stereocenters. The summed E-state index contributed by atoms with van der Waals surface area (Å²) in [6.07, 6.45) is 0. The number of Topliss-reactive ketones (excluding diaryl/α,β-unsaturated/α-hetero) is 1. The van der Waals surface area contributed by atoms with Gasteiger partial charge in [-0.05, 0) is 0 Å². The van der Waals surface area contributed by atoms with Crippen LogP contribution in [0.1, 0.15) is 16.7 Å². The van der Waals surface area contributed by atoms with Crippen molar-refractivity contribution in [2.45, 2.75) is 6.92 Å². The number of hydrogen-bond acceptors (Lipinski definition) is 6. The quantitative estimate of drug-likeness (QED) is 0.764. The molecule has 0 aliphatic rings. The third-order valence-corrected chi connectivity index (χ3v) is 3.12. The van der Waals surface area contributed by atoms with Crippen molar-refractivity contribution in [3.8, 4) is 11.6 Å². The summed E-state index contributed by atoms with van der Waals surface area (Å²) in [5, 5.41) is 0.442. The number of ether oxygens (including phenoxy) is 2. The fourth-order valence-electron chi connectivity index (χ4n) is 1.27. The number of hydrogen-bond donors (Lipinski definition) is 0. The number of thiazole rings is 1. The van der Waals surface area contributed by atoms with E-state index < -0.39 is 0 Å². The van der Waals surface area contributed by atoms with Crippen molar-refractivity contribution >= 4 is 27.5 Å². The summed E-state index contributed by atoms with van der Waals surface area (Å²) in [6, 6.07) is 1.77. The lowest BCUT2D eigenvalue weighted by Crippen LogP contribution is -1.93. The van der Waals surface area contributed by atoms with Gasteiger partial charge in [0.1, 0.15) is 0 Å². The van der Waals surface area contributed by atoms with Crippen LogP contribution in [0.4, 0.5) is 0 Å². The first-order valence-electron chi connectivity index (χ1n) is 4.56. The van der Waals surface area contributed by atoms with E-state index in [1.54, 1.807) is 6.07 Å². The largest absolute Gasteiger partial charge is 0.491 e. The van der Waals surface area contributed by atoms with Gasteiger partial charge in [0, 0.05) is 13.0 Å². The lowest BCUT2D eigenvalue weighted by molar-refractivity contribution is 0.101. The van der Waals surface area contributed by atoms with Crippen molar-refractivity contribution in [1.82, 2.24) is 9.97 Å². The van der Waals surface area contributed by atoms with E-state index in [1.807, 2.05) is 0 Å². The molecule has 2 heterocycles. The van der Waals surface area contributed by atoms with E-state index in [-0.39, 0.29) is 5.78 Å². The molecule has 0 aliphatic heterocycles. The van der Waals surface area contributed by atoms with Crippen LogP contribution in [0, 0.1) is 0 Å². The highest BCUT2D eigenvalue weighted by Crippen LogP contribution is 2.31. The lowest BCUT2D eigenvalue weighted by Gasteiger charge is -2.04. The summed E-state index contributed by atoms with van der Waals surface area (Å²) in [4.78, 5) is 19.5. The topological polar surface area (TPSA) is 61.3 Å². The zero-order valence-corrected chi connectivity index (χ0v) is 9.92. The second-order valence-electron chi connectivity index (χ2n) is 3.10. The number of nitrogens with zero attached hydrogens (tertiary/aromatic N) is 2. The Hall–Kier alpha value is -1.69. The molecule has 0 aromatic carbocycles. The minimum Gasteiger partial charge on any atom is -0.491 e. The van der Waals surface area contributed by atoms with Crippen LogP contribution in [0.15, 0.2) is 6.07 Å². The molecule has 5 nitrogen and oxygen atoms in total. The highest BCUT2D eigenvalue weighted by molar-refractivity contribution is 7.20. The molecule has 6 heteroatoms. The van der Waals surface area contributed by atoms with Crippen LogP contribution in [0.2, 0.25) is 0 Å². The van der Waals surface area contributed by atoms with Gasteiger partial charge in [-0.3, -0.25) is 4.79 Å². The van der Waals surface area contributed by atoms with E-state index >= 15 is 0 Å². The van der Waals surface area contributed by atoms with Crippen LogP contribution in [0.3, 0.4) is 0 Å². The van der Waals surface area contributed by atoms with E-state index in [9.17, 15) is 4.79 Å². The van der Waals surface area contributed by atoms with Gasteiger partial charge in [-0.2, -0.15) is 4.98 Å². The van der Waals surface area contributed by atoms with Gasteiger partial charge in [-0.25, -0.2) is 4.98 Å². The zero-order valence-electron chi connectivity index (χ0n) is 9.10. The molecule has 0 aliphatic carbocycles. The van der Waals surface area contributed by atoms with Crippen molar-refractivity contribution in [3.63, 3.8) is 0 Å². The van der Waals surface area contributed by atoms with Crippen molar-refractivity contribution in [2.24, 2.45) is 0 Å². The van der Waals surface area contributed by atoms with Crippen LogP contribution in [-0.2, 0) is 0 Å². The van der Waals surface area contributed by atoms with Crippen molar-refractivity contribution < 1.29 is 14.3 Å². The number of rotatable bonds is 3. The molecule has 2 aromatic rings. The smallest absolute Gasteiger partial charge is 0.258 e. The van der Waals surface area contributed by atoms with Gasteiger partial charge in [0.2, 0.25) is 0 Å². The monoisotopic (exact) mass is 238 g/mol. The molecule has 0 atom stereocenters. The second kappa shape index (κ2) is 4.05. The average molecular weight is 238 g/mol. The Morgan fingerprint density at radius 1 is 1.31 bits per heavy atom. The minimum atomic E-state index is -0.0686. The first kappa shape index (κ1) is 10.8. The van der Waals surface area contributed by atoms with Gasteiger partial charge in [0.15, 0.2) is 22.2 Å². The Balaban J connectivity index is 2.64. The van der Waals surface area contributed by atoms with Gasteiger partial charge in [-0.1, -0.05) is 0 Å². The van der Waals surface area contributed by atoms with Crippen molar-refractivity contribution in [3.05, 3.63) is 11.1 Å². The van der Waals surface area contributed by atoms with Gasteiger partial charge in [-0.15, -0.1) is 11.3 Å². The summed E-state index contributed by atoms with van der Waals surface area (Å²) in [5.74, 6) is 0.838. The van der Waals surface area contributed by atoms with E-state index in [0.717, 1.165) is 4.70 Å².